The van der Waals surface area contributed by atoms with Gasteiger partial charge < -0.3 is 5.32 Å². The minimum Gasteiger partial charge on any atom is -0.315 e. The Morgan fingerprint density at radius 3 is 2.93 bits per heavy atom. The summed E-state index contributed by atoms with van der Waals surface area (Å²) in [7, 11) is 2.07. The van der Waals surface area contributed by atoms with E-state index < -0.39 is 0 Å². The van der Waals surface area contributed by atoms with Gasteiger partial charge in [-0.3, -0.25) is 4.68 Å². The highest BCUT2D eigenvalue weighted by atomic mass is 15.3. The van der Waals surface area contributed by atoms with E-state index in [1.807, 2.05) is 6.20 Å². The number of nitrogens with zero attached hydrogens (tertiary/aromatic N) is 2. The zero-order valence-corrected chi connectivity index (χ0v) is 9.37. The zero-order valence-electron chi connectivity index (χ0n) is 9.37. The first-order valence-electron chi connectivity index (χ1n) is 6.00. The number of aromatic nitrogens is 2. The van der Waals surface area contributed by atoms with Crippen molar-refractivity contribution in [3.8, 4) is 0 Å². The Labute approximate surface area is 90.9 Å². The first-order chi connectivity index (χ1) is 7.32. The van der Waals surface area contributed by atoms with Gasteiger partial charge in [-0.25, -0.2) is 0 Å². The number of nitrogens with one attached hydrogen (secondary N) is 1. The minimum absolute atomic E-state index is 0.549. The smallest absolute Gasteiger partial charge is 0.0492 e. The van der Waals surface area contributed by atoms with Gasteiger partial charge >= 0.3 is 0 Å². The highest BCUT2D eigenvalue weighted by Gasteiger charge is 2.46. The molecule has 1 aliphatic carbocycles. The molecule has 1 N–H and O–H groups in total. The summed E-state index contributed by atoms with van der Waals surface area (Å²) >= 11 is 0. The Balaban J connectivity index is 1.95. The molecule has 3 nitrogen and oxygen atoms in total. The van der Waals surface area contributed by atoms with Crippen molar-refractivity contribution in [3.05, 3.63) is 18.0 Å². The van der Waals surface area contributed by atoms with Gasteiger partial charge in [0, 0.05) is 37.9 Å². The van der Waals surface area contributed by atoms with Crippen LogP contribution in [0.4, 0.5) is 0 Å². The molecule has 2 heterocycles. The van der Waals surface area contributed by atoms with Gasteiger partial charge in [-0.15, -0.1) is 0 Å². The Morgan fingerprint density at radius 1 is 1.47 bits per heavy atom. The van der Waals surface area contributed by atoms with Crippen molar-refractivity contribution in [1.82, 2.24) is 15.1 Å². The second-order valence-electron chi connectivity index (χ2n) is 5.13. The van der Waals surface area contributed by atoms with Crippen LogP contribution < -0.4 is 5.32 Å². The van der Waals surface area contributed by atoms with Gasteiger partial charge in [0.05, 0.1) is 0 Å². The highest BCUT2D eigenvalue weighted by Crippen LogP contribution is 2.50. The van der Waals surface area contributed by atoms with Crippen molar-refractivity contribution in [2.45, 2.75) is 31.6 Å². The first-order valence-corrected chi connectivity index (χ1v) is 6.00. The van der Waals surface area contributed by atoms with Crippen LogP contribution in [0, 0.1) is 5.41 Å². The monoisotopic (exact) mass is 205 g/mol. The van der Waals surface area contributed by atoms with E-state index in [0.717, 1.165) is 6.54 Å². The SMILES string of the molecule is Cn1nccc1[C@H]1CNCC12CCCC2. The van der Waals surface area contributed by atoms with E-state index in [0.29, 0.717) is 11.3 Å². The van der Waals surface area contributed by atoms with Crippen LogP contribution in [0.15, 0.2) is 12.3 Å². The predicted octanol–water partition coefficient (Wildman–Crippen LogP) is 1.67. The lowest BCUT2D eigenvalue weighted by atomic mass is 9.75. The summed E-state index contributed by atoms with van der Waals surface area (Å²) in [4.78, 5) is 0. The standard InChI is InChI=1S/C12H19N3/c1-15-11(4-7-14-15)10-8-13-9-12(10)5-2-3-6-12/h4,7,10,13H,2-3,5-6,8-9H2,1H3/t10-/m1/s1. The summed E-state index contributed by atoms with van der Waals surface area (Å²) in [5, 5.41) is 7.88. The van der Waals surface area contributed by atoms with Crippen LogP contribution in [-0.4, -0.2) is 22.9 Å². The van der Waals surface area contributed by atoms with Crippen molar-refractivity contribution < 1.29 is 0 Å². The summed E-state index contributed by atoms with van der Waals surface area (Å²) in [5.41, 5.74) is 1.97. The second kappa shape index (κ2) is 3.34. The van der Waals surface area contributed by atoms with E-state index in [4.69, 9.17) is 0 Å². The molecule has 2 fully saturated rings. The molecule has 0 unspecified atom stereocenters. The van der Waals surface area contributed by atoms with E-state index in [9.17, 15) is 0 Å². The van der Waals surface area contributed by atoms with Crippen LogP contribution in [0.5, 0.6) is 0 Å². The Bertz CT molecular complexity index is 344. The van der Waals surface area contributed by atoms with Crippen LogP contribution >= 0.6 is 0 Å². The number of hydrogen-bond donors (Lipinski definition) is 1. The maximum Gasteiger partial charge on any atom is 0.0492 e. The highest BCUT2D eigenvalue weighted by molar-refractivity contribution is 5.18. The second-order valence-corrected chi connectivity index (χ2v) is 5.13. The fraction of sp³-hybridized carbons (Fsp3) is 0.750. The fourth-order valence-corrected chi connectivity index (χ4v) is 3.55. The number of hydrogen-bond acceptors (Lipinski definition) is 2. The molecule has 82 valence electrons. The number of rotatable bonds is 1. The molecule has 3 heteroatoms. The summed E-state index contributed by atoms with van der Waals surface area (Å²) in [6, 6.07) is 2.19. The lowest BCUT2D eigenvalue weighted by Gasteiger charge is -2.29. The zero-order chi connectivity index (χ0) is 10.3. The van der Waals surface area contributed by atoms with Crippen molar-refractivity contribution in [2.24, 2.45) is 12.5 Å². The van der Waals surface area contributed by atoms with Crippen molar-refractivity contribution in [3.63, 3.8) is 0 Å². The summed E-state index contributed by atoms with van der Waals surface area (Å²) in [6.45, 7) is 2.35. The molecule has 3 rings (SSSR count). The molecule has 1 saturated carbocycles. The molecular formula is C12H19N3. The molecule has 0 bridgehead atoms. The predicted molar refractivity (Wildman–Crippen MR) is 59.7 cm³/mol. The largest absolute Gasteiger partial charge is 0.315 e. The summed E-state index contributed by atoms with van der Waals surface area (Å²) in [6.07, 6.45) is 7.55. The molecule has 1 atom stereocenters. The lowest BCUT2D eigenvalue weighted by Crippen LogP contribution is -2.26. The van der Waals surface area contributed by atoms with Crippen LogP contribution in [0.3, 0.4) is 0 Å². The van der Waals surface area contributed by atoms with Crippen molar-refractivity contribution >= 4 is 0 Å². The van der Waals surface area contributed by atoms with Crippen LogP contribution in [0.25, 0.3) is 0 Å². The van der Waals surface area contributed by atoms with E-state index in [2.05, 4.69) is 28.2 Å². The third-order valence-electron chi connectivity index (χ3n) is 4.38. The Morgan fingerprint density at radius 2 is 2.27 bits per heavy atom. The average molecular weight is 205 g/mol. The Kier molecular flexibility index (Phi) is 2.09. The van der Waals surface area contributed by atoms with Crippen molar-refractivity contribution in [2.75, 3.05) is 13.1 Å². The molecule has 0 radical (unpaired) electrons. The fourth-order valence-electron chi connectivity index (χ4n) is 3.55. The molecule has 1 saturated heterocycles. The van der Waals surface area contributed by atoms with Crippen LogP contribution in [0.2, 0.25) is 0 Å². The third-order valence-corrected chi connectivity index (χ3v) is 4.38. The van der Waals surface area contributed by atoms with Gasteiger partial charge in [0.2, 0.25) is 0 Å². The molecule has 1 aliphatic heterocycles. The lowest BCUT2D eigenvalue weighted by molar-refractivity contribution is 0.286. The molecule has 0 aromatic carbocycles. The van der Waals surface area contributed by atoms with E-state index in [-0.39, 0.29) is 0 Å². The van der Waals surface area contributed by atoms with E-state index in [1.165, 1.54) is 37.9 Å². The third kappa shape index (κ3) is 1.33. The molecule has 15 heavy (non-hydrogen) atoms. The normalized spacial score (nSPS) is 29.0. The van der Waals surface area contributed by atoms with Crippen LogP contribution in [-0.2, 0) is 7.05 Å². The topological polar surface area (TPSA) is 29.9 Å². The molecule has 2 aliphatic rings. The number of aryl methyl sites for hydroxylation is 1. The summed E-state index contributed by atoms with van der Waals surface area (Å²) < 4.78 is 2.05. The molecule has 1 aromatic heterocycles. The average Bonchev–Trinajstić information content (AvgIpc) is 2.90. The maximum atomic E-state index is 4.30. The molecule has 1 aromatic rings. The molecule has 1 spiro atoms. The molecule has 0 amide bonds. The summed E-state index contributed by atoms with van der Waals surface area (Å²) in [5.74, 6) is 0.688. The van der Waals surface area contributed by atoms with Crippen LogP contribution in [0.1, 0.15) is 37.3 Å². The van der Waals surface area contributed by atoms with E-state index in [1.54, 1.807) is 0 Å². The Hall–Kier alpha value is -0.830. The van der Waals surface area contributed by atoms with Gasteiger partial charge in [-0.2, -0.15) is 5.10 Å². The maximum absolute atomic E-state index is 4.30. The van der Waals surface area contributed by atoms with E-state index >= 15 is 0 Å². The van der Waals surface area contributed by atoms with Gasteiger partial charge in [0.1, 0.15) is 0 Å². The quantitative estimate of drug-likeness (QED) is 0.755. The van der Waals surface area contributed by atoms with Gasteiger partial charge in [-0.05, 0) is 24.3 Å². The molecular weight excluding hydrogens is 186 g/mol. The first kappa shape index (κ1) is 9.40. The van der Waals surface area contributed by atoms with Gasteiger partial charge in [0.25, 0.3) is 0 Å². The van der Waals surface area contributed by atoms with Gasteiger partial charge in [0.15, 0.2) is 0 Å². The van der Waals surface area contributed by atoms with Crippen molar-refractivity contribution in [1.29, 1.82) is 0 Å². The van der Waals surface area contributed by atoms with Gasteiger partial charge in [-0.1, -0.05) is 12.8 Å². The minimum atomic E-state index is 0.549.